The topological polar surface area (TPSA) is 61.8 Å². The molecule has 22 heavy (non-hydrogen) atoms. The molecule has 0 atom stereocenters. The molecule has 0 saturated carbocycles. The van der Waals surface area contributed by atoms with Gasteiger partial charge in [0.2, 0.25) is 0 Å². The highest BCUT2D eigenvalue weighted by Gasteiger charge is 2.39. The third-order valence-corrected chi connectivity index (χ3v) is 3.79. The van der Waals surface area contributed by atoms with E-state index >= 15 is 0 Å². The normalized spacial score (nSPS) is 16.9. The number of rotatable bonds is 3. The van der Waals surface area contributed by atoms with Gasteiger partial charge in [0.25, 0.3) is 5.79 Å². The summed E-state index contributed by atoms with van der Waals surface area (Å²) in [6.07, 6.45) is 1.40. The lowest BCUT2D eigenvalue weighted by Gasteiger charge is -2.29. The van der Waals surface area contributed by atoms with E-state index in [1.807, 2.05) is 13.0 Å². The van der Waals surface area contributed by atoms with E-state index in [1.165, 1.54) is 19.9 Å². The van der Waals surface area contributed by atoms with E-state index < -0.39 is 17.7 Å². The summed E-state index contributed by atoms with van der Waals surface area (Å²) in [4.78, 5) is 24.0. The average Bonchev–Trinajstić information content (AvgIpc) is 2.36. The Labute approximate surface area is 144 Å². The Hall–Kier alpha value is -1.34. The fourth-order valence-corrected chi connectivity index (χ4v) is 3.29. The van der Waals surface area contributed by atoms with Crippen molar-refractivity contribution < 1.29 is 23.8 Å². The van der Waals surface area contributed by atoms with Crippen LogP contribution in [0.2, 0.25) is 0 Å². The Morgan fingerprint density at radius 2 is 1.77 bits per heavy atom. The predicted molar refractivity (Wildman–Crippen MR) is 87.3 cm³/mol. The molecule has 0 amide bonds. The zero-order valence-electron chi connectivity index (χ0n) is 12.2. The molecule has 1 aromatic carbocycles. The first kappa shape index (κ1) is 17.0. The van der Waals surface area contributed by atoms with E-state index in [0.717, 1.165) is 4.47 Å². The van der Waals surface area contributed by atoms with Crippen LogP contribution in [0.5, 0.6) is 5.75 Å². The number of hydrogen-bond donors (Lipinski definition) is 0. The molecule has 0 N–H and O–H groups in total. The van der Waals surface area contributed by atoms with Crippen molar-refractivity contribution in [3.05, 3.63) is 32.2 Å². The molecule has 0 radical (unpaired) electrons. The largest absolute Gasteiger partial charge is 0.492 e. The standard InChI is InChI=1S/C15H14Br2O5/c1-4-20-12-8(5-9(16)7-11(12)17)6-10-13(18)21-15(2,3)22-14(10)19/h5-7H,4H2,1-3H3. The number of carbonyl (C=O) groups excluding carboxylic acids is 2. The highest BCUT2D eigenvalue weighted by Crippen LogP contribution is 2.35. The van der Waals surface area contributed by atoms with E-state index in [2.05, 4.69) is 31.9 Å². The summed E-state index contributed by atoms with van der Waals surface area (Å²) >= 11 is 6.76. The second kappa shape index (κ2) is 6.42. The highest BCUT2D eigenvalue weighted by molar-refractivity contribution is 9.11. The summed E-state index contributed by atoms with van der Waals surface area (Å²) in [5, 5.41) is 0. The van der Waals surface area contributed by atoms with Gasteiger partial charge in [0, 0.05) is 23.9 Å². The van der Waals surface area contributed by atoms with Gasteiger partial charge in [-0.1, -0.05) is 15.9 Å². The van der Waals surface area contributed by atoms with Crippen molar-refractivity contribution in [2.45, 2.75) is 26.6 Å². The van der Waals surface area contributed by atoms with Crippen molar-refractivity contribution in [3.63, 3.8) is 0 Å². The minimum absolute atomic E-state index is 0.176. The van der Waals surface area contributed by atoms with Crippen molar-refractivity contribution in [1.29, 1.82) is 0 Å². The Morgan fingerprint density at radius 3 is 2.32 bits per heavy atom. The molecule has 0 aromatic heterocycles. The first-order valence-corrected chi connectivity index (χ1v) is 8.12. The molecule has 118 valence electrons. The number of benzene rings is 1. The fraction of sp³-hybridized carbons (Fsp3) is 0.333. The highest BCUT2D eigenvalue weighted by atomic mass is 79.9. The van der Waals surface area contributed by atoms with E-state index in [-0.39, 0.29) is 5.57 Å². The first-order chi connectivity index (χ1) is 10.2. The predicted octanol–water partition coefficient (Wildman–Crippen LogP) is 3.83. The van der Waals surface area contributed by atoms with Gasteiger partial charge >= 0.3 is 11.9 Å². The lowest BCUT2D eigenvalue weighted by atomic mass is 10.1. The molecule has 0 aliphatic carbocycles. The number of carbonyl (C=O) groups is 2. The number of cyclic esters (lactones) is 2. The maximum atomic E-state index is 12.0. The SMILES string of the molecule is CCOc1c(Br)cc(Br)cc1C=C1C(=O)OC(C)(C)OC1=O. The molecule has 1 heterocycles. The number of ether oxygens (including phenoxy) is 3. The second-order valence-corrected chi connectivity index (χ2v) is 6.75. The maximum Gasteiger partial charge on any atom is 0.348 e. The molecule has 0 unspecified atom stereocenters. The first-order valence-electron chi connectivity index (χ1n) is 6.53. The average molecular weight is 434 g/mol. The van der Waals surface area contributed by atoms with Crippen molar-refractivity contribution in [3.8, 4) is 5.75 Å². The lowest BCUT2D eigenvalue weighted by molar-refractivity contribution is -0.222. The third kappa shape index (κ3) is 3.70. The van der Waals surface area contributed by atoms with Gasteiger partial charge in [-0.2, -0.15) is 0 Å². The number of esters is 2. The van der Waals surface area contributed by atoms with Crippen LogP contribution in [0.3, 0.4) is 0 Å². The summed E-state index contributed by atoms with van der Waals surface area (Å²) in [5.41, 5.74) is 0.386. The quantitative estimate of drug-likeness (QED) is 0.411. The zero-order chi connectivity index (χ0) is 16.5. The van der Waals surface area contributed by atoms with Crippen LogP contribution in [0.1, 0.15) is 26.3 Å². The van der Waals surface area contributed by atoms with Crippen molar-refractivity contribution in [2.75, 3.05) is 6.61 Å². The van der Waals surface area contributed by atoms with Crippen LogP contribution in [-0.4, -0.2) is 24.3 Å². The maximum absolute atomic E-state index is 12.0. The minimum Gasteiger partial charge on any atom is -0.492 e. The number of hydrogen-bond acceptors (Lipinski definition) is 5. The van der Waals surface area contributed by atoms with Crippen LogP contribution in [0, 0.1) is 0 Å². The molecule has 1 fully saturated rings. The van der Waals surface area contributed by atoms with Crippen LogP contribution in [0.25, 0.3) is 6.08 Å². The summed E-state index contributed by atoms with van der Waals surface area (Å²) in [6.45, 7) is 5.29. The summed E-state index contributed by atoms with van der Waals surface area (Å²) in [7, 11) is 0. The molecule has 1 aromatic rings. The van der Waals surface area contributed by atoms with Crippen molar-refractivity contribution in [1.82, 2.24) is 0 Å². The summed E-state index contributed by atoms with van der Waals surface area (Å²) in [6, 6.07) is 3.55. The molecule has 1 saturated heterocycles. The van der Waals surface area contributed by atoms with Gasteiger partial charge in [-0.15, -0.1) is 0 Å². The Morgan fingerprint density at radius 1 is 1.18 bits per heavy atom. The molecule has 5 nitrogen and oxygen atoms in total. The zero-order valence-corrected chi connectivity index (χ0v) is 15.4. The van der Waals surface area contributed by atoms with E-state index in [9.17, 15) is 9.59 Å². The molecule has 1 aliphatic heterocycles. The van der Waals surface area contributed by atoms with Crippen molar-refractivity contribution in [2.24, 2.45) is 0 Å². The Bertz CT molecular complexity index is 642. The minimum atomic E-state index is -1.26. The van der Waals surface area contributed by atoms with Gasteiger partial charge in [-0.3, -0.25) is 0 Å². The third-order valence-electron chi connectivity index (χ3n) is 2.74. The molecule has 0 spiro atoms. The van der Waals surface area contributed by atoms with E-state index in [0.29, 0.717) is 22.4 Å². The second-order valence-electron chi connectivity index (χ2n) is 4.98. The van der Waals surface area contributed by atoms with Crippen LogP contribution in [0.4, 0.5) is 0 Å². The van der Waals surface area contributed by atoms with Gasteiger partial charge in [0.15, 0.2) is 0 Å². The molecule has 1 aliphatic rings. The van der Waals surface area contributed by atoms with Crippen LogP contribution in [0.15, 0.2) is 26.7 Å². The van der Waals surface area contributed by atoms with E-state index in [1.54, 1.807) is 6.07 Å². The molecular weight excluding hydrogens is 420 g/mol. The number of halogens is 2. The van der Waals surface area contributed by atoms with Gasteiger partial charge < -0.3 is 14.2 Å². The molecular formula is C15H14Br2O5. The van der Waals surface area contributed by atoms with Gasteiger partial charge in [-0.05, 0) is 41.1 Å². The molecule has 7 heteroatoms. The fourth-order valence-electron chi connectivity index (χ4n) is 1.92. The summed E-state index contributed by atoms with van der Waals surface area (Å²) < 4.78 is 17.2. The van der Waals surface area contributed by atoms with Crippen molar-refractivity contribution >= 4 is 49.9 Å². The van der Waals surface area contributed by atoms with Gasteiger partial charge in [0.05, 0.1) is 11.1 Å². The summed E-state index contributed by atoms with van der Waals surface area (Å²) in [5.74, 6) is -2.17. The van der Waals surface area contributed by atoms with Gasteiger partial charge in [0.1, 0.15) is 11.3 Å². The Kier molecular flexibility index (Phi) is 4.97. The molecule has 0 bridgehead atoms. The van der Waals surface area contributed by atoms with Crippen LogP contribution < -0.4 is 4.74 Å². The Balaban J connectivity index is 2.49. The smallest absolute Gasteiger partial charge is 0.348 e. The van der Waals surface area contributed by atoms with Gasteiger partial charge in [-0.25, -0.2) is 9.59 Å². The monoisotopic (exact) mass is 432 g/mol. The van der Waals surface area contributed by atoms with E-state index in [4.69, 9.17) is 14.2 Å². The van der Waals surface area contributed by atoms with Crippen LogP contribution >= 0.6 is 31.9 Å². The molecule has 2 rings (SSSR count). The lowest BCUT2D eigenvalue weighted by Crippen LogP contribution is -2.41. The van der Waals surface area contributed by atoms with Crippen LogP contribution in [-0.2, 0) is 19.1 Å².